The summed E-state index contributed by atoms with van der Waals surface area (Å²) in [5.41, 5.74) is 2.68. The maximum atomic E-state index is 12.6. The largest absolute Gasteiger partial charge is 0.496 e. The Morgan fingerprint density at radius 1 is 1.17 bits per heavy atom. The fourth-order valence-corrected chi connectivity index (χ4v) is 2.57. The van der Waals surface area contributed by atoms with Gasteiger partial charge >= 0.3 is 5.69 Å². The molecule has 0 bridgehead atoms. The molecule has 3 aromatic rings. The van der Waals surface area contributed by atoms with E-state index in [-0.39, 0.29) is 5.69 Å². The molecule has 0 amide bonds. The lowest BCUT2D eigenvalue weighted by Crippen LogP contribution is -2.24. The predicted molar refractivity (Wildman–Crippen MR) is 91.8 cm³/mol. The first kappa shape index (κ1) is 16.0. The summed E-state index contributed by atoms with van der Waals surface area (Å²) in [6, 6.07) is 9.60. The molecule has 0 atom stereocenters. The van der Waals surface area contributed by atoms with E-state index in [0.29, 0.717) is 12.5 Å². The van der Waals surface area contributed by atoms with Crippen molar-refractivity contribution in [3.63, 3.8) is 0 Å². The third-order valence-corrected chi connectivity index (χ3v) is 3.97. The molecule has 2 heterocycles. The topological polar surface area (TPSA) is 61.9 Å². The highest BCUT2D eigenvalue weighted by atomic mass is 16.5. The van der Waals surface area contributed by atoms with Crippen LogP contribution in [0.5, 0.6) is 5.75 Å². The quantitative estimate of drug-likeness (QED) is 0.724. The summed E-state index contributed by atoms with van der Waals surface area (Å²) < 4.78 is 8.36. The first-order valence-corrected chi connectivity index (χ1v) is 7.82. The van der Waals surface area contributed by atoms with Crippen molar-refractivity contribution in [3.05, 3.63) is 70.7 Å². The molecule has 0 N–H and O–H groups in total. The van der Waals surface area contributed by atoms with Crippen LogP contribution in [0.2, 0.25) is 0 Å². The van der Waals surface area contributed by atoms with Crippen molar-refractivity contribution in [2.24, 2.45) is 0 Å². The summed E-state index contributed by atoms with van der Waals surface area (Å²) >= 11 is 0. The highest BCUT2D eigenvalue weighted by Gasteiger charge is 2.12. The Morgan fingerprint density at radius 2 is 1.92 bits per heavy atom. The fraction of sp³-hybridized carbons (Fsp3) is 0.278. The molecular formula is C18H20N4O2. The molecule has 6 nitrogen and oxygen atoms in total. The van der Waals surface area contributed by atoms with Gasteiger partial charge in [0.15, 0.2) is 0 Å². The molecule has 0 unspecified atom stereocenters. The molecule has 3 rings (SSSR count). The minimum Gasteiger partial charge on any atom is -0.496 e. The summed E-state index contributed by atoms with van der Waals surface area (Å²) in [6.45, 7) is 4.63. The monoisotopic (exact) mass is 324 g/mol. The summed E-state index contributed by atoms with van der Waals surface area (Å²) in [7, 11) is 1.63. The SMILES string of the molecule is COc1ccc(C(C)C)cc1Cn1ncn(-c2ccncc2)c1=O. The van der Waals surface area contributed by atoms with Gasteiger partial charge in [-0.3, -0.25) is 4.98 Å². The molecule has 0 radical (unpaired) electrons. The number of aromatic nitrogens is 4. The molecule has 0 fully saturated rings. The smallest absolute Gasteiger partial charge is 0.350 e. The second-order valence-corrected chi connectivity index (χ2v) is 5.87. The van der Waals surface area contributed by atoms with Gasteiger partial charge < -0.3 is 4.74 Å². The van der Waals surface area contributed by atoms with E-state index in [2.05, 4.69) is 30.0 Å². The van der Waals surface area contributed by atoms with Gasteiger partial charge in [0.1, 0.15) is 12.1 Å². The van der Waals surface area contributed by atoms with Crippen molar-refractivity contribution in [1.82, 2.24) is 19.3 Å². The fourth-order valence-electron chi connectivity index (χ4n) is 2.57. The van der Waals surface area contributed by atoms with Crippen LogP contribution in [-0.4, -0.2) is 26.4 Å². The lowest BCUT2D eigenvalue weighted by Gasteiger charge is -2.12. The molecule has 1 aromatic carbocycles. The number of benzene rings is 1. The number of methoxy groups -OCH3 is 1. The predicted octanol–water partition coefficient (Wildman–Crippen LogP) is 2.61. The lowest BCUT2D eigenvalue weighted by atomic mass is 10.0. The molecule has 0 aliphatic carbocycles. The normalized spacial score (nSPS) is 11.0. The van der Waals surface area contributed by atoms with Gasteiger partial charge in [0.25, 0.3) is 0 Å². The van der Waals surface area contributed by atoms with Crippen molar-refractivity contribution in [1.29, 1.82) is 0 Å². The van der Waals surface area contributed by atoms with Crippen LogP contribution in [-0.2, 0) is 6.54 Å². The number of pyridine rings is 1. The second-order valence-electron chi connectivity index (χ2n) is 5.87. The highest BCUT2D eigenvalue weighted by Crippen LogP contribution is 2.24. The first-order chi connectivity index (χ1) is 11.6. The Labute approximate surface area is 140 Å². The number of rotatable bonds is 5. The third kappa shape index (κ3) is 3.08. The van der Waals surface area contributed by atoms with Crippen molar-refractivity contribution < 1.29 is 4.74 Å². The summed E-state index contributed by atoms with van der Waals surface area (Å²) in [6.07, 6.45) is 4.82. The number of nitrogens with zero attached hydrogens (tertiary/aromatic N) is 4. The van der Waals surface area contributed by atoms with Gasteiger partial charge in [-0.2, -0.15) is 5.10 Å². The van der Waals surface area contributed by atoms with Crippen LogP contribution in [0.25, 0.3) is 5.69 Å². The van der Waals surface area contributed by atoms with Gasteiger partial charge in [0.05, 0.1) is 19.3 Å². The first-order valence-electron chi connectivity index (χ1n) is 7.82. The second kappa shape index (κ2) is 6.70. The minimum absolute atomic E-state index is 0.196. The van der Waals surface area contributed by atoms with E-state index in [1.807, 2.05) is 12.1 Å². The number of hydrogen-bond acceptors (Lipinski definition) is 4. The summed E-state index contributed by atoms with van der Waals surface area (Å²) in [4.78, 5) is 16.6. The van der Waals surface area contributed by atoms with E-state index in [4.69, 9.17) is 4.74 Å². The molecule has 0 aliphatic rings. The van der Waals surface area contributed by atoms with Gasteiger partial charge in [-0.05, 0) is 35.7 Å². The molecule has 24 heavy (non-hydrogen) atoms. The molecule has 124 valence electrons. The zero-order chi connectivity index (χ0) is 17.1. The Hall–Kier alpha value is -2.89. The van der Waals surface area contributed by atoms with Crippen LogP contribution in [0.3, 0.4) is 0 Å². The number of ether oxygens (including phenoxy) is 1. The molecule has 0 saturated carbocycles. The Kier molecular flexibility index (Phi) is 4.46. The average Bonchev–Trinajstić information content (AvgIpc) is 2.96. The van der Waals surface area contributed by atoms with Gasteiger partial charge in [-0.1, -0.05) is 19.9 Å². The van der Waals surface area contributed by atoms with Gasteiger partial charge in [0, 0.05) is 18.0 Å². The van der Waals surface area contributed by atoms with Crippen molar-refractivity contribution in [2.45, 2.75) is 26.3 Å². The molecule has 2 aromatic heterocycles. The zero-order valence-electron chi connectivity index (χ0n) is 14.0. The summed E-state index contributed by atoms with van der Waals surface area (Å²) in [5.74, 6) is 1.16. The van der Waals surface area contributed by atoms with E-state index >= 15 is 0 Å². The molecule has 0 spiro atoms. The van der Waals surface area contributed by atoms with Crippen molar-refractivity contribution in [2.75, 3.05) is 7.11 Å². The molecule has 0 aliphatic heterocycles. The Morgan fingerprint density at radius 3 is 2.58 bits per heavy atom. The van der Waals surface area contributed by atoms with Crippen LogP contribution < -0.4 is 10.4 Å². The van der Waals surface area contributed by atoms with Crippen molar-refractivity contribution >= 4 is 0 Å². The Bertz CT molecular complexity index is 882. The maximum Gasteiger partial charge on any atom is 0.350 e. The van der Waals surface area contributed by atoms with E-state index in [1.165, 1.54) is 21.1 Å². The molecule has 6 heteroatoms. The van der Waals surface area contributed by atoms with Gasteiger partial charge in [-0.25, -0.2) is 14.0 Å². The van der Waals surface area contributed by atoms with E-state index in [1.54, 1.807) is 31.6 Å². The highest BCUT2D eigenvalue weighted by molar-refractivity contribution is 5.38. The van der Waals surface area contributed by atoms with E-state index < -0.39 is 0 Å². The standard InChI is InChI=1S/C18H20N4O2/c1-13(2)14-4-5-17(24-3)15(10-14)11-22-18(23)21(12-20-22)16-6-8-19-9-7-16/h4-10,12-13H,11H2,1-3H3. The van der Waals surface area contributed by atoms with Crippen molar-refractivity contribution in [3.8, 4) is 11.4 Å². The van der Waals surface area contributed by atoms with Crippen LogP contribution in [0, 0.1) is 0 Å². The van der Waals surface area contributed by atoms with Crippen LogP contribution in [0.4, 0.5) is 0 Å². The molecular weight excluding hydrogens is 304 g/mol. The summed E-state index contributed by atoms with van der Waals surface area (Å²) in [5, 5.41) is 4.23. The van der Waals surface area contributed by atoms with Crippen LogP contribution in [0.15, 0.2) is 53.8 Å². The Balaban J connectivity index is 1.97. The lowest BCUT2D eigenvalue weighted by molar-refractivity contribution is 0.406. The van der Waals surface area contributed by atoms with Crippen LogP contribution >= 0.6 is 0 Å². The maximum absolute atomic E-state index is 12.6. The van der Waals surface area contributed by atoms with Gasteiger partial charge in [-0.15, -0.1) is 0 Å². The molecule has 0 saturated heterocycles. The third-order valence-electron chi connectivity index (χ3n) is 3.97. The van der Waals surface area contributed by atoms with E-state index in [9.17, 15) is 4.79 Å². The van der Waals surface area contributed by atoms with Crippen LogP contribution in [0.1, 0.15) is 30.9 Å². The average molecular weight is 324 g/mol. The minimum atomic E-state index is -0.196. The number of hydrogen-bond donors (Lipinski definition) is 0. The van der Waals surface area contributed by atoms with Gasteiger partial charge in [0.2, 0.25) is 0 Å². The van der Waals surface area contributed by atoms with E-state index in [0.717, 1.165) is 17.0 Å². The zero-order valence-corrected chi connectivity index (χ0v) is 14.0.